The third-order valence-electron chi connectivity index (χ3n) is 6.19. The molecule has 1 aliphatic heterocycles. The van der Waals surface area contributed by atoms with Crippen LogP contribution in [0.2, 0.25) is 0 Å². The highest BCUT2D eigenvalue weighted by Crippen LogP contribution is 2.39. The molecule has 35 heavy (non-hydrogen) atoms. The highest BCUT2D eigenvalue weighted by molar-refractivity contribution is 8.26. The number of hydrogen-bond donors (Lipinski definition) is 0. The largest absolute Gasteiger partial charge is 0.286 e. The molecule has 174 valence electrons. The van der Waals surface area contributed by atoms with E-state index in [4.69, 9.17) is 17.3 Å². The molecule has 3 aromatic carbocycles. The number of amides is 1. The summed E-state index contributed by atoms with van der Waals surface area (Å²) in [4.78, 5) is 15.8. The number of para-hydroxylation sites is 1. The molecule has 1 aliphatic rings. The van der Waals surface area contributed by atoms with Crippen molar-refractivity contribution >= 4 is 40.3 Å². The van der Waals surface area contributed by atoms with Crippen molar-refractivity contribution < 1.29 is 4.79 Å². The SMILES string of the molecule is Cc1ccc(C)c(-c2nn(-c3ccccc3)cc2/C=C2\SC(=S)N([C@@H](C)c3ccccc3)C2=O)c1. The molecule has 1 fully saturated rings. The number of aryl methyl sites for hydroxylation is 2. The van der Waals surface area contributed by atoms with Crippen LogP contribution in [0, 0.1) is 13.8 Å². The summed E-state index contributed by atoms with van der Waals surface area (Å²) in [6.07, 6.45) is 3.92. The van der Waals surface area contributed by atoms with Crippen molar-refractivity contribution in [1.29, 1.82) is 0 Å². The van der Waals surface area contributed by atoms with Gasteiger partial charge in [0.1, 0.15) is 10.0 Å². The molecule has 0 spiro atoms. The number of benzene rings is 3. The van der Waals surface area contributed by atoms with Crippen molar-refractivity contribution in [3.63, 3.8) is 0 Å². The molecule has 6 heteroatoms. The topological polar surface area (TPSA) is 38.1 Å². The molecule has 0 bridgehead atoms. The Kier molecular flexibility index (Phi) is 6.41. The Labute approximate surface area is 215 Å². The van der Waals surface area contributed by atoms with Gasteiger partial charge in [-0.2, -0.15) is 5.10 Å². The molecule has 1 saturated heterocycles. The minimum Gasteiger partial charge on any atom is -0.286 e. The summed E-state index contributed by atoms with van der Waals surface area (Å²) in [5.74, 6) is -0.0734. The minimum absolute atomic E-state index is 0.0734. The lowest BCUT2D eigenvalue weighted by molar-refractivity contribution is -0.123. The van der Waals surface area contributed by atoms with E-state index in [2.05, 4.69) is 32.0 Å². The van der Waals surface area contributed by atoms with E-state index in [0.29, 0.717) is 9.23 Å². The number of aromatic nitrogens is 2. The van der Waals surface area contributed by atoms with E-state index in [1.165, 1.54) is 11.8 Å². The summed E-state index contributed by atoms with van der Waals surface area (Å²) in [6.45, 7) is 6.17. The van der Waals surface area contributed by atoms with Crippen LogP contribution in [-0.4, -0.2) is 24.9 Å². The van der Waals surface area contributed by atoms with Crippen molar-refractivity contribution in [2.45, 2.75) is 26.8 Å². The van der Waals surface area contributed by atoms with E-state index >= 15 is 0 Å². The third kappa shape index (κ3) is 4.59. The van der Waals surface area contributed by atoms with Gasteiger partial charge in [-0.05, 0) is 56.2 Å². The second-order valence-electron chi connectivity index (χ2n) is 8.67. The van der Waals surface area contributed by atoms with Crippen molar-refractivity contribution in [2.24, 2.45) is 0 Å². The smallest absolute Gasteiger partial charge is 0.266 e. The number of thiocarbonyl (C=S) groups is 1. The third-order valence-corrected chi connectivity index (χ3v) is 7.52. The van der Waals surface area contributed by atoms with E-state index in [0.717, 1.165) is 39.2 Å². The Hall–Kier alpha value is -3.48. The maximum Gasteiger partial charge on any atom is 0.266 e. The summed E-state index contributed by atoms with van der Waals surface area (Å²) in [5, 5.41) is 4.95. The van der Waals surface area contributed by atoms with E-state index in [1.807, 2.05) is 84.5 Å². The van der Waals surface area contributed by atoms with Crippen molar-refractivity contribution in [3.8, 4) is 16.9 Å². The van der Waals surface area contributed by atoms with Crippen LogP contribution in [0.3, 0.4) is 0 Å². The number of nitrogens with zero attached hydrogens (tertiary/aromatic N) is 3. The second kappa shape index (κ2) is 9.64. The van der Waals surface area contributed by atoms with Gasteiger partial charge in [-0.25, -0.2) is 4.68 Å². The number of hydrogen-bond acceptors (Lipinski definition) is 4. The summed E-state index contributed by atoms with van der Waals surface area (Å²) in [6, 6.07) is 26.2. The standard InChI is InChI=1S/C29H25N3OS2/c1-19-14-15-20(2)25(16-19)27-23(18-31(30-27)24-12-8-5-9-13-24)17-26-28(33)32(29(34)35-26)21(3)22-10-6-4-7-11-22/h4-18,21H,1-3H3/b26-17-/t21-/m0/s1. The zero-order valence-electron chi connectivity index (χ0n) is 19.8. The molecule has 5 rings (SSSR count). The van der Waals surface area contributed by atoms with Crippen molar-refractivity contribution in [2.75, 3.05) is 0 Å². The molecule has 1 amide bonds. The summed E-state index contributed by atoms with van der Waals surface area (Å²) >= 11 is 6.99. The highest BCUT2D eigenvalue weighted by Gasteiger charge is 2.36. The molecule has 0 aliphatic carbocycles. The summed E-state index contributed by atoms with van der Waals surface area (Å²) in [7, 11) is 0. The predicted molar refractivity (Wildman–Crippen MR) is 148 cm³/mol. The second-order valence-corrected chi connectivity index (χ2v) is 10.3. The van der Waals surface area contributed by atoms with Crippen LogP contribution in [-0.2, 0) is 4.79 Å². The molecule has 1 aromatic heterocycles. The lowest BCUT2D eigenvalue weighted by Gasteiger charge is -2.23. The fourth-order valence-corrected chi connectivity index (χ4v) is 5.65. The molecule has 4 nitrogen and oxygen atoms in total. The molecule has 4 aromatic rings. The van der Waals surface area contributed by atoms with Gasteiger partial charge < -0.3 is 0 Å². The van der Waals surface area contributed by atoms with Crippen LogP contribution >= 0.6 is 24.0 Å². The van der Waals surface area contributed by atoms with Gasteiger partial charge in [0.2, 0.25) is 0 Å². The zero-order chi connectivity index (χ0) is 24.5. The number of carbonyl (C=O) groups excluding carboxylic acids is 1. The van der Waals surface area contributed by atoms with E-state index < -0.39 is 0 Å². The van der Waals surface area contributed by atoms with Crippen LogP contribution < -0.4 is 0 Å². The number of rotatable bonds is 5. The van der Waals surface area contributed by atoms with Gasteiger partial charge >= 0.3 is 0 Å². The Bertz CT molecular complexity index is 1440. The van der Waals surface area contributed by atoms with Gasteiger partial charge in [-0.15, -0.1) is 0 Å². The van der Waals surface area contributed by atoms with Gasteiger partial charge in [0, 0.05) is 17.3 Å². The number of carbonyl (C=O) groups is 1. The fraction of sp³-hybridized carbons (Fsp3) is 0.138. The summed E-state index contributed by atoms with van der Waals surface area (Å²) in [5.41, 5.74) is 7.09. The Morgan fingerprint density at radius 1 is 0.971 bits per heavy atom. The molecule has 1 atom stereocenters. The average molecular weight is 496 g/mol. The molecule has 0 unspecified atom stereocenters. The maximum atomic E-state index is 13.5. The van der Waals surface area contributed by atoms with Crippen molar-refractivity contribution in [3.05, 3.63) is 112 Å². The first kappa shape index (κ1) is 23.3. The highest BCUT2D eigenvalue weighted by atomic mass is 32.2. The van der Waals surface area contributed by atoms with Crippen LogP contribution in [0.1, 0.15) is 35.2 Å². The molecular weight excluding hydrogens is 470 g/mol. The van der Waals surface area contributed by atoms with Gasteiger partial charge in [0.25, 0.3) is 5.91 Å². The average Bonchev–Trinajstić information content (AvgIpc) is 3.41. The predicted octanol–water partition coefficient (Wildman–Crippen LogP) is 7.12. The van der Waals surface area contributed by atoms with Crippen LogP contribution in [0.4, 0.5) is 0 Å². The van der Waals surface area contributed by atoms with Gasteiger partial charge in [-0.1, -0.05) is 90.2 Å². The molecule has 0 N–H and O–H groups in total. The van der Waals surface area contributed by atoms with Crippen LogP contribution in [0.25, 0.3) is 23.0 Å². The lowest BCUT2D eigenvalue weighted by atomic mass is 10.00. The first-order valence-electron chi connectivity index (χ1n) is 11.5. The van der Waals surface area contributed by atoms with Crippen LogP contribution in [0.15, 0.2) is 90.0 Å². The van der Waals surface area contributed by atoms with Gasteiger partial charge in [-0.3, -0.25) is 9.69 Å². The van der Waals surface area contributed by atoms with E-state index in [1.54, 1.807) is 4.90 Å². The van der Waals surface area contributed by atoms with E-state index in [9.17, 15) is 4.79 Å². The molecule has 0 saturated carbocycles. The summed E-state index contributed by atoms with van der Waals surface area (Å²) < 4.78 is 2.44. The van der Waals surface area contributed by atoms with Gasteiger partial charge in [0.05, 0.1) is 16.6 Å². The fourth-order valence-electron chi connectivity index (χ4n) is 4.24. The van der Waals surface area contributed by atoms with Crippen molar-refractivity contribution in [1.82, 2.24) is 14.7 Å². The number of thioether (sulfide) groups is 1. The van der Waals surface area contributed by atoms with E-state index in [-0.39, 0.29) is 11.9 Å². The van der Waals surface area contributed by atoms with Gasteiger partial charge in [0.15, 0.2) is 0 Å². The lowest BCUT2D eigenvalue weighted by Crippen LogP contribution is -2.30. The Morgan fingerprint density at radius 2 is 1.66 bits per heavy atom. The Balaban J connectivity index is 1.58. The quantitative estimate of drug-likeness (QED) is 0.218. The first-order valence-corrected chi connectivity index (χ1v) is 12.7. The molecule has 2 heterocycles. The monoisotopic (exact) mass is 495 g/mol. The zero-order valence-corrected chi connectivity index (χ0v) is 21.4. The molecule has 0 radical (unpaired) electrons. The molecular formula is C29H25N3OS2. The maximum absolute atomic E-state index is 13.5. The first-order chi connectivity index (χ1) is 16.9. The Morgan fingerprint density at radius 3 is 2.37 bits per heavy atom. The normalized spacial score (nSPS) is 15.7. The minimum atomic E-state index is -0.139. The van der Waals surface area contributed by atoms with Crippen LogP contribution in [0.5, 0.6) is 0 Å².